The van der Waals surface area contributed by atoms with Gasteiger partial charge in [-0.15, -0.1) is 0 Å². The summed E-state index contributed by atoms with van der Waals surface area (Å²) in [5, 5.41) is 0.348. The van der Waals surface area contributed by atoms with Crippen LogP contribution in [0.5, 0.6) is 0 Å². The molecule has 0 aliphatic carbocycles. The predicted octanol–water partition coefficient (Wildman–Crippen LogP) is 3.34. The normalized spacial score (nSPS) is 11.3. The van der Waals surface area contributed by atoms with Gasteiger partial charge in [0.15, 0.2) is 0 Å². The third-order valence-corrected chi connectivity index (χ3v) is 4.85. The molecule has 0 unspecified atom stereocenters. The zero-order valence-electron chi connectivity index (χ0n) is 11.1. The molecule has 106 valence electrons. The van der Waals surface area contributed by atoms with E-state index in [0.717, 1.165) is 5.56 Å². The molecule has 2 aromatic carbocycles. The fourth-order valence-corrected chi connectivity index (χ4v) is 3.83. The Kier molecular flexibility index (Phi) is 3.92. The minimum Gasteiger partial charge on any atom is -0.398 e. The van der Waals surface area contributed by atoms with Crippen LogP contribution in [0.25, 0.3) is 0 Å². The minimum absolute atomic E-state index is 0.0827. The Hall–Kier alpha value is -1.72. The third kappa shape index (κ3) is 2.73. The van der Waals surface area contributed by atoms with Crippen LogP contribution >= 0.6 is 11.6 Å². The van der Waals surface area contributed by atoms with Crippen LogP contribution in [0.15, 0.2) is 41.3 Å². The molecular weight excluding hydrogens is 296 g/mol. The van der Waals surface area contributed by atoms with E-state index in [4.69, 9.17) is 17.3 Å². The molecule has 6 heteroatoms. The number of para-hydroxylation sites is 1. The summed E-state index contributed by atoms with van der Waals surface area (Å²) in [5.74, 6) is 0. The van der Waals surface area contributed by atoms with Gasteiger partial charge in [-0.25, -0.2) is 8.42 Å². The van der Waals surface area contributed by atoms with E-state index in [1.54, 1.807) is 50.2 Å². The van der Waals surface area contributed by atoms with Crippen molar-refractivity contribution in [3.8, 4) is 0 Å². The number of nitrogens with one attached hydrogen (secondary N) is 1. The molecule has 2 aromatic rings. The molecule has 0 bridgehead atoms. The Morgan fingerprint density at radius 1 is 1.05 bits per heavy atom. The van der Waals surface area contributed by atoms with Gasteiger partial charge in [0.05, 0.1) is 16.4 Å². The monoisotopic (exact) mass is 310 g/mol. The minimum atomic E-state index is -3.78. The molecule has 2 rings (SSSR count). The van der Waals surface area contributed by atoms with Gasteiger partial charge in [-0.2, -0.15) is 0 Å². The summed E-state index contributed by atoms with van der Waals surface area (Å²) in [5.41, 5.74) is 7.70. The highest BCUT2D eigenvalue weighted by molar-refractivity contribution is 7.93. The summed E-state index contributed by atoms with van der Waals surface area (Å²) in [6.45, 7) is 3.48. The number of anilines is 2. The van der Waals surface area contributed by atoms with Crippen LogP contribution in [0, 0.1) is 13.8 Å². The van der Waals surface area contributed by atoms with Crippen LogP contribution < -0.4 is 10.5 Å². The molecule has 0 amide bonds. The van der Waals surface area contributed by atoms with Crippen molar-refractivity contribution in [3.63, 3.8) is 0 Å². The third-order valence-electron chi connectivity index (χ3n) is 2.97. The lowest BCUT2D eigenvalue weighted by Crippen LogP contribution is -2.17. The molecule has 0 spiro atoms. The maximum Gasteiger partial charge on any atom is 0.264 e. The van der Waals surface area contributed by atoms with E-state index in [2.05, 4.69) is 4.72 Å². The van der Waals surface area contributed by atoms with E-state index < -0.39 is 10.0 Å². The van der Waals surface area contributed by atoms with Crippen molar-refractivity contribution in [1.29, 1.82) is 0 Å². The highest BCUT2D eigenvalue weighted by Crippen LogP contribution is 2.30. The summed E-state index contributed by atoms with van der Waals surface area (Å²) >= 11 is 6.04. The summed E-state index contributed by atoms with van der Waals surface area (Å²) in [6, 6.07) is 10.1. The van der Waals surface area contributed by atoms with Gasteiger partial charge in [0.25, 0.3) is 10.0 Å². The average Bonchev–Trinajstić information content (AvgIpc) is 2.33. The average molecular weight is 311 g/mol. The zero-order chi connectivity index (χ0) is 14.9. The molecule has 0 heterocycles. The fourth-order valence-electron chi connectivity index (χ4n) is 1.99. The van der Waals surface area contributed by atoms with Crippen molar-refractivity contribution in [1.82, 2.24) is 0 Å². The van der Waals surface area contributed by atoms with Crippen LogP contribution in [0.2, 0.25) is 5.02 Å². The largest absolute Gasteiger partial charge is 0.398 e. The summed E-state index contributed by atoms with van der Waals surface area (Å²) in [4.78, 5) is 0.0827. The Labute approximate surface area is 123 Å². The van der Waals surface area contributed by atoms with Gasteiger partial charge in [-0.05, 0) is 37.1 Å². The number of halogens is 1. The van der Waals surface area contributed by atoms with Crippen molar-refractivity contribution < 1.29 is 8.42 Å². The first-order valence-corrected chi connectivity index (χ1v) is 7.82. The van der Waals surface area contributed by atoms with Gasteiger partial charge in [-0.1, -0.05) is 35.9 Å². The summed E-state index contributed by atoms with van der Waals surface area (Å²) in [7, 11) is -3.78. The molecule has 0 aromatic heterocycles. The second kappa shape index (κ2) is 5.34. The topological polar surface area (TPSA) is 72.2 Å². The summed E-state index contributed by atoms with van der Waals surface area (Å²) < 4.78 is 27.5. The van der Waals surface area contributed by atoms with Crippen molar-refractivity contribution in [3.05, 3.63) is 52.5 Å². The Bertz CT molecular complexity index is 717. The van der Waals surface area contributed by atoms with Crippen LogP contribution in [0.1, 0.15) is 11.1 Å². The second-order valence-electron chi connectivity index (χ2n) is 4.53. The maximum absolute atomic E-state index is 12.5. The number of sulfonamides is 1. The SMILES string of the molecule is Cc1cccc(Cl)c1NS(=O)(=O)c1c(C)cccc1N. The molecule has 20 heavy (non-hydrogen) atoms. The number of hydrogen-bond acceptors (Lipinski definition) is 3. The van der Waals surface area contributed by atoms with Gasteiger partial charge in [-0.3, -0.25) is 4.72 Å². The highest BCUT2D eigenvalue weighted by atomic mass is 35.5. The lowest BCUT2D eigenvalue weighted by atomic mass is 10.2. The van der Waals surface area contributed by atoms with E-state index in [-0.39, 0.29) is 10.6 Å². The zero-order valence-corrected chi connectivity index (χ0v) is 12.7. The molecule has 0 radical (unpaired) electrons. The molecule has 4 nitrogen and oxygen atoms in total. The van der Waals surface area contributed by atoms with Crippen LogP contribution in [0.4, 0.5) is 11.4 Å². The second-order valence-corrected chi connectivity index (χ2v) is 6.56. The van der Waals surface area contributed by atoms with E-state index >= 15 is 0 Å². The van der Waals surface area contributed by atoms with E-state index in [9.17, 15) is 8.42 Å². The number of hydrogen-bond donors (Lipinski definition) is 2. The molecule has 3 N–H and O–H groups in total. The van der Waals surface area contributed by atoms with Crippen LogP contribution in [-0.2, 0) is 10.0 Å². The molecule has 0 saturated carbocycles. The van der Waals surface area contributed by atoms with Crippen molar-refractivity contribution in [2.75, 3.05) is 10.5 Å². The first kappa shape index (κ1) is 14.7. The van der Waals surface area contributed by atoms with Gasteiger partial charge in [0.1, 0.15) is 4.90 Å². The lowest BCUT2D eigenvalue weighted by molar-refractivity contribution is 0.601. The first-order valence-electron chi connectivity index (χ1n) is 5.96. The van der Waals surface area contributed by atoms with E-state index in [1.165, 1.54) is 0 Å². The van der Waals surface area contributed by atoms with Gasteiger partial charge < -0.3 is 5.73 Å². The maximum atomic E-state index is 12.5. The number of rotatable bonds is 3. The Morgan fingerprint density at radius 2 is 1.65 bits per heavy atom. The molecule has 0 atom stereocenters. The van der Waals surface area contributed by atoms with Gasteiger partial charge in [0.2, 0.25) is 0 Å². The smallest absolute Gasteiger partial charge is 0.264 e. The molecule has 0 aliphatic rings. The number of aryl methyl sites for hydroxylation is 2. The van der Waals surface area contributed by atoms with Crippen LogP contribution in [0.3, 0.4) is 0 Å². The number of nitrogen functional groups attached to an aromatic ring is 1. The van der Waals surface area contributed by atoms with Crippen molar-refractivity contribution in [2.24, 2.45) is 0 Å². The molecular formula is C14H15ClN2O2S. The summed E-state index contributed by atoms with van der Waals surface area (Å²) in [6.07, 6.45) is 0. The molecule has 0 aliphatic heterocycles. The van der Waals surface area contributed by atoms with Gasteiger partial charge >= 0.3 is 0 Å². The highest BCUT2D eigenvalue weighted by Gasteiger charge is 2.21. The van der Waals surface area contributed by atoms with Crippen LogP contribution in [-0.4, -0.2) is 8.42 Å². The van der Waals surface area contributed by atoms with Gasteiger partial charge in [0, 0.05) is 0 Å². The van der Waals surface area contributed by atoms with Crippen molar-refractivity contribution in [2.45, 2.75) is 18.7 Å². The van der Waals surface area contributed by atoms with Crippen molar-refractivity contribution >= 4 is 33.0 Å². The standard InChI is InChI=1S/C14H15ClN2O2S/c1-9-5-3-7-11(15)13(9)17-20(18,19)14-10(2)6-4-8-12(14)16/h3-8,17H,16H2,1-2H3. The predicted molar refractivity (Wildman–Crippen MR) is 82.6 cm³/mol. The Morgan fingerprint density at radius 3 is 2.25 bits per heavy atom. The van der Waals surface area contributed by atoms with E-state index in [1.807, 2.05) is 0 Å². The quantitative estimate of drug-likeness (QED) is 0.854. The molecule has 0 fully saturated rings. The Balaban J connectivity index is 2.53. The molecule has 0 saturated heterocycles. The van der Waals surface area contributed by atoms with E-state index in [0.29, 0.717) is 16.3 Å². The lowest BCUT2D eigenvalue weighted by Gasteiger charge is -2.15. The fraction of sp³-hybridized carbons (Fsp3) is 0.143. The first-order chi connectivity index (χ1) is 9.33. The number of nitrogens with two attached hydrogens (primary N) is 1. The number of benzene rings is 2.